The first kappa shape index (κ1) is 81.5. The second-order valence-electron chi connectivity index (χ2n) is 26.6. The number of unbranched alkanes of at least 4 members (excludes halogenated alkanes) is 2. The number of carbonyl (C=O) groups is 5. The number of carbonyl (C=O) groups excluding carboxylic acids is 5. The Hall–Kier alpha value is -3.45. The van der Waals surface area contributed by atoms with E-state index in [4.69, 9.17) is 71.1 Å². The third-order valence-electron chi connectivity index (χ3n) is 19.3. The zero-order valence-corrected chi connectivity index (χ0v) is 57.3. The van der Waals surface area contributed by atoms with Crippen LogP contribution in [0.5, 0.6) is 0 Å². The molecule has 4 bridgehead atoms. The first-order valence-electron chi connectivity index (χ1n) is 34.9. The molecule has 0 spiro atoms. The molecule has 30 nitrogen and oxygen atoms in total. The average Bonchev–Trinajstić information content (AvgIpc) is 0.765. The minimum absolute atomic E-state index is 0.117. The summed E-state index contributed by atoms with van der Waals surface area (Å²) in [6.45, 7) is 13.0. The second-order valence-corrected chi connectivity index (χ2v) is 26.6. The average molecular weight is 1390 g/mol. The molecule has 10 N–H and O–H groups in total. The smallest absolute Gasteiger partial charge is 0.309 e. The standard InChI is InChI=1S/C66H112O30/c1-11-16-22-25-37-26-23-20-18-17-19-21-24-27-42(70)89-54-46(74)43(71)38(28-67)85-63(54)82-31-41-51(91-59(79)33(7)13-3)53(92-60(80)34(8)14-4)49(77)62(88-41)94-52-45(73)40(30-69)87-66(95-55-47(75)44(72)39(29-68)86-65(55)84-37)57(52)96-64-56(93-61(81)35(9)15-5)48(76)50(36(10)83-64)90-58(78)32(6)12-2/h32-41,43-57,62-69,71-77H,11-31H2,1-10H3/t32-,33-,34-,35-,36-,37-,38+,39+,40+,41+,43+,44+,45+,46-,47-,48+,49+,50-,51-,52-,53+,54+,55+,56+,57+,62-,63+,64-,65+,66-/m0/s1. The highest BCUT2D eigenvalue weighted by molar-refractivity contribution is 5.74. The Balaban J connectivity index is 1.56. The molecule has 6 aliphatic rings. The molecule has 6 fully saturated rings. The first-order valence-corrected chi connectivity index (χ1v) is 34.9. The van der Waals surface area contributed by atoms with Crippen molar-refractivity contribution in [2.24, 2.45) is 23.7 Å². The van der Waals surface area contributed by atoms with Gasteiger partial charge < -0.3 is 122 Å². The van der Waals surface area contributed by atoms with Crippen molar-refractivity contribution < 1.29 is 146 Å². The summed E-state index contributed by atoms with van der Waals surface area (Å²) >= 11 is 0. The fourth-order valence-corrected chi connectivity index (χ4v) is 12.0. The second kappa shape index (κ2) is 39.7. The summed E-state index contributed by atoms with van der Waals surface area (Å²) in [5.74, 6) is -7.26. The van der Waals surface area contributed by atoms with E-state index in [1.165, 1.54) is 13.8 Å². The van der Waals surface area contributed by atoms with Gasteiger partial charge in [0, 0.05) is 6.42 Å². The van der Waals surface area contributed by atoms with Crippen molar-refractivity contribution in [1.82, 2.24) is 0 Å². The van der Waals surface area contributed by atoms with Crippen LogP contribution < -0.4 is 0 Å². The number of fused-ring (bicyclic) bond motifs is 6. The number of aliphatic hydroxyl groups excluding tert-OH is 10. The number of esters is 5. The molecular formula is C66H112O30. The fraction of sp³-hybridized carbons (Fsp3) is 0.924. The molecule has 0 aromatic carbocycles. The van der Waals surface area contributed by atoms with Gasteiger partial charge in [0.05, 0.1) is 62.3 Å². The number of rotatable bonds is 21. The molecule has 0 unspecified atom stereocenters. The van der Waals surface area contributed by atoms with E-state index in [2.05, 4.69) is 0 Å². The van der Waals surface area contributed by atoms with Crippen LogP contribution in [0.2, 0.25) is 0 Å². The largest absolute Gasteiger partial charge is 0.456 e. The van der Waals surface area contributed by atoms with Gasteiger partial charge in [0.25, 0.3) is 0 Å². The quantitative estimate of drug-likeness (QED) is 0.0442. The van der Waals surface area contributed by atoms with Crippen LogP contribution in [0, 0.1) is 23.7 Å². The van der Waals surface area contributed by atoms with Gasteiger partial charge in [-0.05, 0) is 51.9 Å². The molecule has 0 aromatic heterocycles. The highest BCUT2D eigenvalue weighted by Gasteiger charge is 2.60. The zero-order valence-electron chi connectivity index (χ0n) is 57.3. The van der Waals surface area contributed by atoms with E-state index < -0.39 is 240 Å². The first-order chi connectivity index (χ1) is 45.8. The molecule has 30 heteroatoms. The van der Waals surface area contributed by atoms with E-state index in [0.717, 1.165) is 38.5 Å². The van der Waals surface area contributed by atoms with Gasteiger partial charge in [0.1, 0.15) is 85.5 Å². The van der Waals surface area contributed by atoms with Gasteiger partial charge in [0.15, 0.2) is 62.0 Å². The van der Waals surface area contributed by atoms with Crippen molar-refractivity contribution in [3.8, 4) is 0 Å². The molecule has 6 saturated heterocycles. The Morgan fingerprint density at radius 1 is 0.458 bits per heavy atom. The van der Waals surface area contributed by atoms with Crippen molar-refractivity contribution in [2.45, 2.75) is 338 Å². The number of hydrogen-bond acceptors (Lipinski definition) is 30. The Morgan fingerprint density at radius 3 is 1.49 bits per heavy atom. The topological polar surface area (TPSA) is 426 Å². The van der Waals surface area contributed by atoms with Gasteiger partial charge in [0.2, 0.25) is 0 Å². The Morgan fingerprint density at radius 2 is 0.938 bits per heavy atom. The molecule has 6 aliphatic heterocycles. The SMILES string of the molecule is CCCCC[C@H]1CCCCCCCCCC(=O)O[C@H]2[C@H](OC[C@H]3O[C@@H](O[C@H]4[C@H](O)[C@@H](CO)O[C@@H](O[C@H]5[C@H](O1)O[C@H](CO)[C@@H](O)[C@@H]5O)[C@@H]4O[C@@H]1O[C@@H](C)[C@H](OC(=O)[C@@H](C)CC)[C@@H](O)[C@H]1OC(=O)[C@@H](C)CC)[C@H](O)[C@@H](OC(=O)[C@@H](C)CC)[C@H]3OC(=O)[C@@H](C)CC)O[C@H](CO)[C@@H](O)[C@@H]2O. The summed E-state index contributed by atoms with van der Waals surface area (Å²) < 4.78 is 94.3. The normalized spacial score (nSPS) is 40.1. The van der Waals surface area contributed by atoms with Crippen molar-refractivity contribution in [1.29, 1.82) is 0 Å². The molecule has 0 aromatic rings. The van der Waals surface area contributed by atoms with Crippen LogP contribution in [0.15, 0.2) is 0 Å². The Labute approximate surface area is 562 Å². The van der Waals surface area contributed by atoms with E-state index >= 15 is 0 Å². The number of hydrogen-bond donors (Lipinski definition) is 10. The summed E-state index contributed by atoms with van der Waals surface area (Å²) in [6.07, 6.45) is -37.8. The van der Waals surface area contributed by atoms with Gasteiger partial charge >= 0.3 is 29.8 Å². The van der Waals surface area contributed by atoms with E-state index in [1.54, 1.807) is 48.5 Å². The van der Waals surface area contributed by atoms with E-state index in [-0.39, 0.29) is 25.7 Å². The lowest BCUT2D eigenvalue weighted by molar-refractivity contribution is -0.410. The molecule has 0 aliphatic carbocycles. The Kier molecular flexibility index (Phi) is 33.7. The highest BCUT2D eigenvalue weighted by atomic mass is 16.8. The van der Waals surface area contributed by atoms with Crippen LogP contribution in [-0.4, -0.2) is 267 Å². The third kappa shape index (κ3) is 21.3. The van der Waals surface area contributed by atoms with E-state index in [1.807, 2.05) is 6.92 Å². The summed E-state index contributed by atoms with van der Waals surface area (Å²) in [4.78, 5) is 69.0. The molecule has 6 rings (SSSR count). The summed E-state index contributed by atoms with van der Waals surface area (Å²) in [6, 6.07) is 0. The lowest BCUT2D eigenvalue weighted by atomic mass is 9.95. The maximum Gasteiger partial charge on any atom is 0.309 e. The maximum absolute atomic E-state index is 14.1. The summed E-state index contributed by atoms with van der Waals surface area (Å²) in [7, 11) is 0. The van der Waals surface area contributed by atoms with Crippen LogP contribution in [0.3, 0.4) is 0 Å². The summed E-state index contributed by atoms with van der Waals surface area (Å²) in [5.41, 5.74) is 0. The van der Waals surface area contributed by atoms with E-state index in [9.17, 15) is 75.0 Å². The zero-order chi connectivity index (χ0) is 70.7. The monoisotopic (exact) mass is 1380 g/mol. The molecule has 0 amide bonds. The summed E-state index contributed by atoms with van der Waals surface area (Å²) in [5, 5.41) is 116. The molecule has 0 radical (unpaired) electrons. The van der Waals surface area contributed by atoms with Gasteiger partial charge in [-0.2, -0.15) is 0 Å². The Bertz CT molecular complexity index is 2340. The molecule has 30 atom stereocenters. The molecule has 96 heavy (non-hydrogen) atoms. The number of ether oxygens (including phenoxy) is 15. The third-order valence-corrected chi connectivity index (χ3v) is 19.3. The minimum atomic E-state index is -2.24. The van der Waals surface area contributed by atoms with E-state index in [0.29, 0.717) is 44.9 Å². The van der Waals surface area contributed by atoms with Crippen molar-refractivity contribution >= 4 is 29.8 Å². The van der Waals surface area contributed by atoms with Crippen LogP contribution >= 0.6 is 0 Å². The highest BCUT2D eigenvalue weighted by Crippen LogP contribution is 2.40. The van der Waals surface area contributed by atoms with Crippen molar-refractivity contribution in [3.63, 3.8) is 0 Å². The van der Waals surface area contributed by atoms with Crippen LogP contribution in [0.1, 0.15) is 178 Å². The number of aliphatic hydroxyl groups is 10. The van der Waals surface area contributed by atoms with Crippen LogP contribution in [0.4, 0.5) is 0 Å². The van der Waals surface area contributed by atoms with Gasteiger partial charge in [-0.25, -0.2) is 0 Å². The minimum Gasteiger partial charge on any atom is -0.456 e. The maximum atomic E-state index is 14.1. The molecule has 556 valence electrons. The molecule has 6 heterocycles. The van der Waals surface area contributed by atoms with Crippen molar-refractivity contribution in [2.75, 3.05) is 26.4 Å². The van der Waals surface area contributed by atoms with Crippen molar-refractivity contribution in [3.05, 3.63) is 0 Å². The van der Waals surface area contributed by atoms with Gasteiger partial charge in [-0.1, -0.05) is 120 Å². The van der Waals surface area contributed by atoms with Gasteiger partial charge in [-0.15, -0.1) is 0 Å². The molecule has 0 saturated carbocycles. The van der Waals surface area contributed by atoms with Gasteiger partial charge in [-0.3, -0.25) is 24.0 Å². The van der Waals surface area contributed by atoms with Crippen LogP contribution in [0.25, 0.3) is 0 Å². The van der Waals surface area contributed by atoms with Crippen LogP contribution in [-0.2, 0) is 95.0 Å². The predicted molar refractivity (Wildman–Crippen MR) is 331 cm³/mol. The predicted octanol–water partition coefficient (Wildman–Crippen LogP) is 1.54. The lowest BCUT2D eigenvalue weighted by Gasteiger charge is -2.51. The lowest BCUT2D eigenvalue weighted by Crippen LogP contribution is -2.69. The fourth-order valence-electron chi connectivity index (χ4n) is 12.0. The molecular weight excluding hydrogens is 1270 g/mol.